The predicted molar refractivity (Wildman–Crippen MR) is 70.8 cm³/mol. The van der Waals surface area contributed by atoms with Crippen LogP contribution in [-0.2, 0) is 11.2 Å². The fourth-order valence-electron chi connectivity index (χ4n) is 1.68. The van der Waals surface area contributed by atoms with Gasteiger partial charge in [-0.3, -0.25) is 4.79 Å². The first-order valence-corrected chi connectivity index (χ1v) is 6.57. The highest BCUT2D eigenvalue weighted by atomic mass is 35.5. The van der Waals surface area contributed by atoms with E-state index in [1.165, 1.54) is 12.8 Å². The predicted octanol–water partition coefficient (Wildman–Crippen LogP) is 3.87. The lowest BCUT2D eigenvalue weighted by atomic mass is 10.0. The molecule has 0 amide bonds. The lowest BCUT2D eigenvalue weighted by Crippen LogP contribution is -2.10. The molecular weight excluding hydrogens is 236 g/mol. The fraction of sp³-hybridized carbons (Fsp3) is 0.500. The molecule has 0 radical (unpaired) electrons. The van der Waals surface area contributed by atoms with Crippen molar-refractivity contribution < 1.29 is 9.53 Å². The summed E-state index contributed by atoms with van der Waals surface area (Å²) in [5.41, 5.74) is 2.17. The maximum atomic E-state index is 11.2. The van der Waals surface area contributed by atoms with E-state index in [1.54, 1.807) is 0 Å². The van der Waals surface area contributed by atoms with E-state index in [-0.39, 0.29) is 5.88 Å². The van der Waals surface area contributed by atoms with Gasteiger partial charge in [0.1, 0.15) is 11.6 Å². The zero-order valence-corrected chi connectivity index (χ0v) is 11.2. The summed E-state index contributed by atoms with van der Waals surface area (Å²) in [6.45, 7) is 4.15. The van der Waals surface area contributed by atoms with E-state index in [2.05, 4.69) is 6.92 Å². The van der Waals surface area contributed by atoms with E-state index in [0.29, 0.717) is 5.75 Å². The number of alkyl halides is 1. The molecule has 1 rings (SSSR count). The fourth-order valence-corrected chi connectivity index (χ4v) is 1.73. The number of hydrogen-bond acceptors (Lipinski definition) is 2. The molecule has 0 aliphatic carbocycles. The van der Waals surface area contributed by atoms with Gasteiger partial charge >= 0.3 is 5.97 Å². The second-order valence-electron chi connectivity index (χ2n) is 4.18. The monoisotopic (exact) mass is 254 g/mol. The van der Waals surface area contributed by atoms with Gasteiger partial charge in [-0.25, -0.2) is 0 Å². The third-order valence-electron chi connectivity index (χ3n) is 2.61. The molecule has 0 aliphatic rings. The quantitative estimate of drug-likeness (QED) is 0.333. The second-order valence-corrected chi connectivity index (χ2v) is 4.44. The van der Waals surface area contributed by atoms with Crippen molar-refractivity contribution >= 4 is 17.6 Å². The van der Waals surface area contributed by atoms with Gasteiger partial charge in [0.15, 0.2) is 0 Å². The van der Waals surface area contributed by atoms with Gasteiger partial charge in [-0.1, -0.05) is 31.9 Å². The first kappa shape index (κ1) is 14.0. The Bertz CT molecular complexity index is 374. The maximum Gasteiger partial charge on any atom is 0.326 e. The average molecular weight is 255 g/mol. The van der Waals surface area contributed by atoms with Gasteiger partial charge in [-0.2, -0.15) is 0 Å². The van der Waals surface area contributed by atoms with Gasteiger partial charge in [-0.05, 0) is 37.0 Å². The number of ether oxygens (including phenoxy) is 1. The molecule has 94 valence electrons. The van der Waals surface area contributed by atoms with Crippen molar-refractivity contribution in [2.24, 2.45) is 0 Å². The maximum absolute atomic E-state index is 11.2. The molecule has 3 heteroatoms. The van der Waals surface area contributed by atoms with Crippen LogP contribution in [0.1, 0.15) is 37.3 Å². The van der Waals surface area contributed by atoms with Crippen molar-refractivity contribution in [3.05, 3.63) is 29.3 Å². The number of esters is 1. The lowest BCUT2D eigenvalue weighted by Gasteiger charge is -2.10. The van der Waals surface area contributed by atoms with Gasteiger partial charge in [0.25, 0.3) is 0 Å². The average Bonchev–Trinajstić information content (AvgIpc) is 2.32. The standard InChI is InChI=1S/C14H19ClO2/c1-3-4-5-6-12-8-7-11(2)9-13(12)17-14(16)10-15/h7-9H,3-6,10H2,1-2H3. The molecule has 2 nitrogen and oxygen atoms in total. The highest BCUT2D eigenvalue weighted by Crippen LogP contribution is 2.22. The molecular formula is C14H19ClO2. The number of carbonyl (C=O) groups excluding carboxylic acids is 1. The molecule has 0 spiro atoms. The molecule has 1 aromatic carbocycles. The lowest BCUT2D eigenvalue weighted by molar-refractivity contribution is -0.131. The summed E-state index contributed by atoms with van der Waals surface area (Å²) in [4.78, 5) is 11.2. The smallest absolute Gasteiger partial charge is 0.326 e. The minimum atomic E-state index is -0.394. The van der Waals surface area contributed by atoms with Crippen LogP contribution in [0.5, 0.6) is 5.75 Å². The Kier molecular flexibility index (Phi) is 6.06. The summed E-state index contributed by atoms with van der Waals surface area (Å²) in [6.07, 6.45) is 4.43. The van der Waals surface area contributed by atoms with Crippen LogP contribution in [0.15, 0.2) is 18.2 Å². The summed E-state index contributed by atoms with van der Waals surface area (Å²) in [7, 11) is 0. The van der Waals surface area contributed by atoms with Gasteiger partial charge in [0.2, 0.25) is 0 Å². The Morgan fingerprint density at radius 2 is 2.12 bits per heavy atom. The Morgan fingerprint density at radius 1 is 1.35 bits per heavy atom. The molecule has 0 atom stereocenters. The normalized spacial score (nSPS) is 10.3. The minimum absolute atomic E-state index is 0.109. The van der Waals surface area contributed by atoms with Crippen molar-refractivity contribution in [1.29, 1.82) is 0 Å². The summed E-state index contributed by atoms with van der Waals surface area (Å²) in [6, 6.07) is 5.97. The molecule has 0 aliphatic heterocycles. The van der Waals surface area contributed by atoms with E-state index in [1.807, 2.05) is 25.1 Å². The van der Waals surface area contributed by atoms with E-state index < -0.39 is 5.97 Å². The van der Waals surface area contributed by atoms with Gasteiger partial charge in [0.05, 0.1) is 0 Å². The zero-order chi connectivity index (χ0) is 12.7. The number of unbranched alkanes of at least 4 members (excludes halogenated alkanes) is 2. The summed E-state index contributed by atoms with van der Waals surface area (Å²) < 4.78 is 5.24. The highest BCUT2D eigenvalue weighted by Gasteiger charge is 2.08. The van der Waals surface area contributed by atoms with Gasteiger partial charge < -0.3 is 4.74 Å². The van der Waals surface area contributed by atoms with Crippen molar-refractivity contribution in [2.75, 3.05) is 5.88 Å². The number of benzene rings is 1. The molecule has 0 aromatic heterocycles. The first-order valence-electron chi connectivity index (χ1n) is 6.03. The highest BCUT2D eigenvalue weighted by molar-refractivity contribution is 6.26. The number of rotatable bonds is 6. The van der Waals surface area contributed by atoms with Gasteiger partial charge in [0, 0.05) is 0 Å². The Morgan fingerprint density at radius 3 is 2.76 bits per heavy atom. The van der Waals surface area contributed by atoms with Crippen molar-refractivity contribution in [1.82, 2.24) is 0 Å². The molecule has 0 unspecified atom stereocenters. The van der Waals surface area contributed by atoms with E-state index in [0.717, 1.165) is 24.0 Å². The summed E-state index contributed by atoms with van der Waals surface area (Å²) in [5, 5.41) is 0. The van der Waals surface area contributed by atoms with Crippen LogP contribution in [-0.4, -0.2) is 11.8 Å². The van der Waals surface area contributed by atoms with Crippen LogP contribution < -0.4 is 4.74 Å². The van der Waals surface area contributed by atoms with Gasteiger partial charge in [-0.15, -0.1) is 11.6 Å². The molecule has 17 heavy (non-hydrogen) atoms. The van der Waals surface area contributed by atoms with Crippen LogP contribution in [0, 0.1) is 6.92 Å². The molecule has 0 heterocycles. The molecule has 0 saturated heterocycles. The summed E-state index contributed by atoms with van der Waals surface area (Å²) >= 11 is 5.45. The summed E-state index contributed by atoms with van der Waals surface area (Å²) in [5.74, 6) is 0.156. The molecule has 0 fully saturated rings. The third-order valence-corrected chi connectivity index (χ3v) is 2.82. The number of halogens is 1. The Hall–Kier alpha value is -1.02. The van der Waals surface area contributed by atoms with Crippen LogP contribution >= 0.6 is 11.6 Å². The number of aryl methyl sites for hydroxylation is 2. The largest absolute Gasteiger partial charge is 0.425 e. The van der Waals surface area contributed by atoms with E-state index >= 15 is 0 Å². The molecule has 0 N–H and O–H groups in total. The van der Waals surface area contributed by atoms with Crippen molar-refractivity contribution in [3.63, 3.8) is 0 Å². The molecule has 0 bridgehead atoms. The molecule has 1 aromatic rings. The van der Waals surface area contributed by atoms with Crippen LogP contribution in [0.3, 0.4) is 0 Å². The van der Waals surface area contributed by atoms with E-state index in [4.69, 9.17) is 16.3 Å². The van der Waals surface area contributed by atoms with Crippen LogP contribution in [0.25, 0.3) is 0 Å². The Labute approximate surface area is 108 Å². The van der Waals surface area contributed by atoms with Crippen LogP contribution in [0.4, 0.5) is 0 Å². The topological polar surface area (TPSA) is 26.3 Å². The van der Waals surface area contributed by atoms with E-state index in [9.17, 15) is 4.79 Å². The Balaban J connectivity index is 2.76. The SMILES string of the molecule is CCCCCc1ccc(C)cc1OC(=O)CCl. The van der Waals surface area contributed by atoms with Crippen molar-refractivity contribution in [2.45, 2.75) is 39.5 Å². The van der Waals surface area contributed by atoms with Crippen LogP contribution in [0.2, 0.25) is 0 Å². The number of hydrogen-bond donors (Lipinski definition) is 0. The minimum Gasteiger partial charge on any atom is -0.425 e. The molecule has 0 saturated carbocycles. The van der Waals surface area contributed by atoms with Crippen molar-refractivity contribution in [3.8, 4) is 5.75 Å². The second kappa shape index (κ2) is 7.33. The first-order chi connectivity index (χ1) is 8.17. The number of carbonyl (C=O) groups is 1. The third kappa shape index (κ3) is 4.78. The zero-order valence-electron chi connectivity index (χ0n) is 10.5.